The maximum absolute atomic E-state index is 13.9. The minimum atomic E-state index is -5.05. The van der Waals surface area contributed by atoms with Gasteiger partial charge < -0.3 is 25.6 Å². The van der Waals surface area contributed by atoms with Crippen molar-refractivity contribution in [3.63, 3.8) is 0 Å². The Morgan fingerprint density at radius 2 is 1.75 bits per heavy atom. The Hall–Kier alpha value is -4.02. The van der Waals surface area contributed by atoms with E-state index >= 15 is 0 Å². The van der Waals surface area contributed by atoms with E-state index in [-0.39, 0.29) is 38.0 Å². The first-order valence-electron chi connectivity index (χ1n) is 14.5. The van der Waals surface area contributed by atoms with Crippen molar-refractivity contribution in [1.82, 2.24) is 5.32 Å². The van der Waals surface area contributed by atoms with Crippen molar-refractivity contribution in [1.29, 1.82) is 0 Å². The number of carbonyl (C=O) groups is 2. The summed E-state index contributed by atoms with van der Waals surface area (Å²) in [5, 5.41) is 8.47. The van der Waals surface area contributed by atoms with E-state index in [0.717, 1.165) is 55.2 Å². The molecule has 0 radical (unpaired) electrons. The van der Waals surface area contributed by atoms with Crippen molar-refractivity contribution in [3.05, 3.63) is 82.0 Å². The molecule has 1 saturated heterocycles. The predicted molar refractivity (Wildman–Crippen MR) is 174 cm³/mol. The molecule has 1 unspecified atom stereocenters. The van der Waals surface area contributed by atoms with Crippen molar-refractivity contribution in [2.75, 3.05) is 54.3 Å². The summed E-state index contributed by atoms with van der Waals surface area (Å²) >= 11 is 2.34. The second-order valence-corrected chi connectivity index (χ2v) is 12.9. The molecule has 2 heterocycles. The van der Waals surface area contributed by atoms with Crippen LogP contribution in [0.25, 0.3) is 10.1 Å². The van der Waals surface area contributed by atoms with Crippen molar-refractivity contribution < 1.29 is 45.1 Å². The molecule has 0 spiro atoms. The lowest BCUT2D eigenvalue weighted by molar-refractivity contribution is -0.140. The van der Waals surface area contributed by atoms with E-state index in [4.69, 9.17) is 4.74 Å². The molecule has 1 fully saturated rings. The zero-order valence-electron chi connectivity index (χ0n) is 25.4. The van der Waals surface area contributed by atoms with Gasteiger partial charge in [-0.05, 0) is 61.2 Å². The van der Waals surface area contributed by atoms with Crippen LogP contribution in [0.1, 0.15) is 37.6 Å². The van der Waals surface area contributed by atoms with Crippen LogP contribution in [-0.4, -0.2) is 56.6 Å². The van der Waals surface area contributed by atoms with E-state index in [1.807, 2.05) is 6.26 Å². The molecule has 4 aromatic rings. The Balaban J connectivity index is 1.48. The molecule has 1 aliphatic rings. The monoisotopic (exact) mass is 714 g/mol. The van der Waals surface area contributed by atoms with Gasteiger partial charge >= 0.3 is 12.4 Å². The minimum absolute atomic E-state index is 0.0156. The molecule has 0 saturated carbocycles. The number of anilines is 3. The fourth-order valence-corrected chi connectivity index (χ4v) is 6.76. The lowest BCUT2D eigenvalue weighted by atomic mass is 10.1. The van der Waals surface area contributed by atoms with Crippen LogP contribution in [0.2, 0.25) is 0 Å². The highest BCUT2D eigenvalue weighted by Gasteiger charge is 2.35. The largest absolute Gasteiger partial charge is 0.496 e. The van der Waals surface area contributed by atoms with Crippen LogP contribution in [-0.2, 0) is 12.4 Å². The van der Waals surface area contributed by atoms with Crippen LogP contribution in [0.5, 0.6) is 5.75 Å². The molecule has 16 heteroatoms. The van der Waals surface area contributed by atoms with Crippen molar-refractivity contribution >= 4 is 62.1 Å². The molecule has 7 nitrogen and oxygen atoms in total. The number of carbonyl (C=O) groups excluding carboxylic acids is 2. The number of benzene rings is 3. The Kier molecular flexibility index (Phi) is 10.5. The van der Waals surface area contributed by atoms with Gasteiger partial charge in [-0.25, -0.2) is 4.39 Å². The molecule has 256 valence electrons. The average Bonchev–Trinajstić information content (AvgIpc) is 3.65. The van der Waals surface area contributed by atoms with Gasteiger partial charge in [-0.3, -0.25) is 9.59 Å². The topological polar surface area (TPSA) is 82.7 Å². The summed E-state index contributed by atoms with van der Waals surface area (Å²) in [6, 6.07) is 9.83. The lowest BCUT2D eigenvalue weighted by Gasteiger charge is -2.21. The van der Waals surface area contributed by atoms with Gasteiger partial charge in [-0.15, -0.1) is 11.3 Å². The molecular weight excluding hydrogens is 685 g/mol. The van der Waals surface area contributed by atoms with Gasteiger partial charge in [0.25, 0.3) is 11.8 Å². The van der Waals surface area contributed by atoms with Gasteiger partial charge in [0.1, 0.15) is 16.4 Å². The zero-order valence-corrected chi connectivity index (χ0v) is 27.1. The van der Waals surface area contributed by atoms with Gasteiger partial charge in [0.05, 0.1) is 29.5 Å². The van der Waals surface area contributed by atoms with E-state index in [0.29, 0.717) is 30.0 Å². The number of ether oxygens (including phenoxy) is 1. The number of fused-ring (bicyclic) bond motifs is 1. The molecule has 1 aromatic heterocycles. The number of halogens is 7. The molecule has 1 aliphatic heterocycles. The van der Waals surface area contributed by atoms with Crippen LogP contribution in [0.4, 0.5) is 47.8 Å². The van der Waals surface area contributed by atoms with Crippen LogP contribution >= 0.6 is 23.1 Å². The van der Waals surface area contributed by atoms with Gasteiger partial charge in [0, 0.05) is 52.9 Å². The highest BCUT2D eigenvalue weighted by Crippen LogP contribution is 2.41. The summed E-state index contributed by atoms with van der Waals surface area (Å²) in [7, 11) is 1.36. The van der Waals surface area contributed by atoms with Crippen molar-refractivity contribution in [2.24, 2.45) is 0 Å². The maximum Gasteiger partial charge on any atom is 0.419 e. The van der Waals surface area contributed by atoms with Gasteiger partial charge in [0.2, 0.25) is 0 Å². The van der Waals surface area contributed by atoms with Gasteiger partial charge in [0.15, 0.2) is 0 Å². The second kappa shape index (κ2) is 14.2. The summed E-state index contributed by atoms with van der Waals surface area (Å²) < 4.78 is 99.7. The molecule has 5 rings (SSSR count). The van der Waals surface area contributed by atoms with E-state index in [1.54, 1.807) is 30.0 Å². The molecule has 0 bridgehead atoms. The number of hydrogen-bond donors (Lipinski definition) is 3. The van der Waals surface area contributed by atoms with Crippen molar-refractivity contribution in [3.8, 4) is 5.75 Å². The van der Waals surface area contributed by atoms with Crippen LogP contribution in [0, 0.1) is 5.82 Å². The first-order valence-corrected chi connectivity index (χ1v) is 16.7. The van der Waals surface area contributed by atoms with E-state index in [1.165, 1.54) is 7.11 Å². The van der Waals surface area contributed by atoms with E-state index in [2.05, 4.69) is 20.9 Å². The van der Waals surface area contributed by atoms with Gasteiger partial charge in [-0.1, -0.05) is 6.07 Å². The first-order chi connectivity index (χ1) is 22.7. The smallest absolute Gasteiger partial charge is 0.419 e. The third-order valence-electron chi connectivity index (χ3n) is 7.71. The number of amides is 2. The number of methoxy groups -OCH3 is 1. The number of nitrogens with one attached hydrogen (secondary N) is 3. The molecular formula is C32H29F7N4O3S2. The normalized spacial score (nSPS) is 15.2. The minimum Gasteiger partial charge on any atom is -0.496 e. The number of alkyl halides is 6. The molecule has 0 aliphatic carbocycles. The SMILES string of the molecule is COc1ccc(N2CCC(NCCSC)C2)cc1C(=O)Nc1c(C(=O)Nc2ccc(F)c(C(F)(F)F)c2)sc2cc(C(F)(F)F)ccc12. The summed E-state index contributed by atoms with van der Waals surface area (Å²) in [4.78, 5) is 29.0. The standard InChI is InChI=1S/C32H29F7N4O3S2/c1-46-25-8-5-20(43-11-9-19(16-43)40-10-12-47-2)15-22(25)29(44)42-27-21-6-3-17(31(34,35)36)13-26(21)48-28(27)30(45)41-18-4-7-24(33)23(14-18)32(37,38)39/h3-8,13-15,19,40H,9-12,16H2,1-2H3,(H,41,45)(H,42,44). The number of hydrogen-bond acceptors (Lipinski definition) is 7. The summed E-state index contributed by atoms with van der Waals surface area (Å²) in [5.41, 5.74) is -2.38. The average molecular weight is 715 g/mol. The third-order valence-corrected chi connectivity index (χ3v) is 9.48. The highest BCUT2D eigenvalue weighted by atomic mass is 32.2. The lowest BCUT2D eigenvalue weighted by Crippen LogP contribution is -2.34. The van der Waals surface area contributed by atoms with Crippen molar-refractivity contribution in [2.45, 2.75) is 24.8 Å². The highest BCUT2D eigenvalue weighted by molar-refractivity contribution is 7.98. The summed E-state index contributed by atoms with van der Waals surface area (Å²) in [6.07, 6.45) is -6.85. The quantitative estimate of drug-likeness (QED) is 0.114. The first kappa shape index (κ1) is 35.3. The van der Waals surface area contributed by atoms with E-state index in [9.17, 15) is 40.3 Å². The summed E-state index contributed by atoms with van der Waals surface area (Å²) in [6.45, 7) is 2.28. The number of nitrogens with zero attached hydrogens (tertiary/aromatic N) is 1. The zero-order chi connectivity index (χ0) is 34.8. The Labute approximate surface area is 278 Å². The fourth-order valence-electron chi connectivity index (χ4n) is 5.34. The second-order valence-electron chi connectivity index (χ2n) is 10.9. The molecule has 48 heavy (non-hydrogen) atoms. The molecule has 2 amide bonds. The van der Waals surface area contributed by atoms with Crippen LogP contribution in [0.3, 0.4) is 0 Å². The molecule has 3 aromatic carbocycles. The van der Waals surface area contributed by atoms with E-state index < -0.39 is 46.8 Å². The molecule has 3 N–H and O–H groups in total. The Bertz CT molecular complexity index is 1830. The Morgan fingerprint density at radius 1 is 0.979 bits per heavy atom. The summed E-state index contributed by atoms with van der Waals surface area (Å²) in [5.74, 6) is -2.16. The maximum atomic E-state index is 13.9. The molecule has 1 atom stereocenters. The van der Waals surface area contributed by atoms with Crippen LogP contribution in [0.15, 0.2) is 54.6 Å². The predicted octanol–water partition coefficient (Wildman–Crippen LogP) is 8.12. The number of thioether (sulfide) groups is 1. The Morgan fingerprint density at radius 3 is 2.44 bits per heavy atom. The number of thiophene rings is 1. The third kappa shape index (κ3) is 7.81. The van der Waals surface area contributed by atoms with Crippen LogP contribution < -0.4 is 25.6 Å². The number of rotatable bonds is 10. The fraction of sp³-hybridized carbons (Fsp3) is 0.312. The van der Waals surface area contributed by atoms with Gasteiger partial charge in [-0.2, -0.15) is 38.1 Å².